The number of fused-ring (bicyclic) bond motifs is 1. The molecule has 0 bridgehead atoms. The predicted octanol–water partition coefficient (Wildman–Crippen LogP) is 1.80. The first-order valence-electron chi connectivity index (χ1n) is 6.50. The van der Waals surface area contributed by atoms with Gasteiger partial charge in [-0.05, 0) is 32.9 Å². The Hall–Kier alpha value is -2.24. The Morgan fingerprint density at radius 1 is 1.20 bits per heavy atom. The van der Waals surface area contributed by atoms with E-state index < -0.39 is 6.04 Å². The van der Waals surface area contributed by atoms with Gasteiger partial charge in [-0.1, -0.05) is 0 Å². The molecule has 0 aromatic carbocycles. The number of esters is 1. The van der Waals surface area contributed by atoms with Crippen molar-refractivity contribution in [2.75, 3.05) is 11.9 Å². The fourth-order valence-corrected chi connectivity index (χ4v) is 1.73. The van der Waals surface area contributed by atoms with E-state index in [0.29, 0.717) is 11.5 Å². The van der Waals surface area contributed by atoms with Gasteiger partial charge in [0.1, 0.15) is 17.4 Å². The van der Waals surface area contributed by atoms with Gasteiger partial charge < -0.3 is 9.64 Å². The van der Waals surface area contributed by atoms with Crippen LogP contribution in [-0.2, 0) is 9.53 Å². The van der Waals surface area contributed by atoms with Gasteiger partial charge in [0.15, 0.2) is 5.65 Å². The Morgan fingerprint density at radius 3 is 2.60 bits per heavy atom. The molecule has 0 radical (unpaired) electrons. The summed E-state index contributed by atoms with van der Waals surface area (Å²) in [6.45, 7) is 5.44. The average molecular weight is 274 g/mol. The molecule has 2 aromatic rings. The third kappa shape index (κ3) is 3.01. The zero-order valence-electron chi connectivity index (χ0n) is 12.1. The summed E-state index contributed by atoms with van der Waals surface area (Å²) >= 11 is 0. The summed E-state index contributed by atoms with van der Waals surface area (Å²) in [5.41, 5.74) is 1.28. The molecule has 20 heavy (non-hydrogen) atoms. The molecule has 1 atom stereocenters. The Kier molecular flexibility index (Phi) is 4.12. The lowest BCUT2D eigenvalue weighted by Crippen LogP contribution is -2.38. The number of likely N-dealkylation sites (N-methyl/N-ethyl adjacent to an activating group) is 1. The van der Waals surface area contributed by atoms with Crippen molar-refractivity contribution in [1.82, 2.24) is 15.0 Å². The minimum absolute atomic E-state index is 0.131. The number of carbonyl (C=O) groups is 1. The highest BCUT2D eigenvalue weighted by molar-refractivity contribution is 5.80. The standard InChI is InChI=1S/C14H18N4O2/c1-9(2)20-14(19)10(3)18(4)12-6-5-11-13(17-12)16-8-7-15-11/h5-10H,1-4H3. The van der Waals surface area contributed by atoms with Crippen LogP contribution in [0.15, 0.2) is 24.5 Å². The SMILES string of the molecule is CC(C)OC(=O)C(C)N(C)c1ccc2nccnc2n1. The number of anilines is 1. The number of carbonyl (C=O) groups excluding carboxylic acids is 1. The number of pyridine rings is 1. The Morgan fingerprint density at radius 2 is 1.90 bits per heavy atom. The molecule has 0 spiro atoms. The van der Waals surface area contributed by atoms with Gasteiger partial charge in [0, 0.05) is 19.4 Å². The van der Waals surface area contributed by atoms with Gasteiger partial charge in [-0.2, -0.15) is 0 Å². The summed E-state index contributed by atoms with van der Waals surface area (Å²) in [5, 5.41) is 0. The van der Waals surface area contributed by atoms with Crippen molar-refractivity contribution in [2.45, 2.75) is 32.9 Å². The van der Waals surface area contributed by atoms with Crippen molar-refractivity contribution < 1.29 is 9.53 Å². The van der Waals surface area contributed by atoms with Crippen LogP contribution >= 0.6 is 0 Å². The molecule has 0 saturated carbocycles. The van der Waals surface area contributed by atoms with Gasteiger partial charge in [-0.15, -0.1) is 0 Å². The van der Waals surface area contributed by atoms with Crippen LogP contribution in [0.2, 0.25) is 0 Å². The number of ether oxygens (including phenoxy) is 1. The van der Waals surface area contributed by atoms with Gasteiger partial charge in [-0.3, -0.25) is 4.98 Å². The van der Waals surface area contributed by atoms with Crippen LogP contribution in [-0.4, -0.2) is 40.1 Å². The summed E-state index contributed by atoms with van der Waals surface area (Å²) in [5.74, 6) is 0.384. The van der Waals surface area contributed by atoms with Crippen LogP contribution in [0.25, 0.3) is 11.2 Å². The summed E-state index contributed by atoms with van der Waals surface area (Å²) in [6.07, 6.45) is 3.08. The van der Waals surface area contributed by atoms with Crippen molar-refractivity contribution >= 4 is 23.0 Å². The normalized spacial score (nSPS) is 12.4. The molecule has 0 N–H and O–H groups in total. The van der Waals surface area contributed by atoms with E-state index in [9.17, 15) is 4.79 Å². The molecule has 0 fully saturated rings. The average Bonchev–Trinajstić information content (AvgIpc) is 2.44. The summed E-state index contributed by atoms with van der Waals surface area (Å²) in [4.78, 5) is 26.4. The molecule has 0 amide bonds. The number of hydrogen-bond acceptors (Lipinski definition) is 6. The van der Waals surface area contributed by atoms with Crippen LogP contribution in [0.4, 0.5) is 5.82 Å². The van der Waals surface area contributed by atoms with E-state index in [-0.39, 0.29) is 12.1 Å². The second kappa shape index (κ2) is 5.81. The number of hydrogen-bond donors (Lipinski definition) is 0. The minimum Gasteiger partial charge on any atom is -0.461 e. The fourth-order valence-electron chi connectivity index (χ4n) is 1.73. The van der Waals surface area contributed by atoms with E-state index in [4.69, 9.17) is 4.74 Å². The van der Waals surface area contributed by atoms with Crippen molar-refractivity contribution in [1.29, 1.82) is 0 Å². The van der Waals surface area contributed by atoms with E-state index in [1.54, 1.807) is 31.3 Å². The lowest BCUT2D eigenvalue weighted by Gasteiger charge is -2.25. The maximum Gasteiger partial charge on any atom is 0.328 e. The van der Waals surface area contributed by atoms with E-state index in [1.807, 2.05) is 26.0 Å². The highest BCUT2D eigenvalue weighted by Gasteiger charge is 2.21. The molecule has 2 aromatic heterocycles. The van der Waals surface area contributed by atoms with Crippen molar-refractivity contribution in [3.05, 3.63) is 24.5 Å². The summed E-state index contributed by atoms with van der Waals surface area (Å²) in [7, 11) is 1.80. The van der Waals surface area contributed by atoms with E-state index in [2.05, 4.69) is 15.0 Å². The summed E-state index contributed by atoms with van der Waals surface area (Å²) < 4.78 is 5.21. The van der Waals surface area contributed by atoms with Gasteiger partial charge in [0.05, 0.1) is 6.10 Å². The molecular weight excluding hydrogens is 256 g/mol. The van der Waals surface area contributed by atoms with Crippen LogP contribution in [0.3, 0.4) is 0 Å². The zero-order valence-corrected chi connectivity index (χ0v) is 12.1. The highest BCUT2D eigenvalue weighted by atomic mass is 16.5. The van der Waals surface area contributed by atoms with E-state index >= 15 is 0 Å². The molecule has 0 aliphatic rings. The van der Waals surface area contributed by atoms with Crippen LogP contribution in [0.5, 0.6) is 0 Å². The quantitative estimate of drug-likeness (QED) is 0.792. The zero-order chi connectivity index (χ0) is 14.7. The maximum atomic E-state index is 11.9. The lowest BCUT2D eigenvalue weighted by atomic mass is 10.3. The van der Waals surface area contributed by atoms with E-state index in [0.717, 1.165) is 5.52 Å². The Balaban J connectivity index is 2.22. The third-order valence-electron chi connectivity index (χ3n) is 2.95. The van der Waals surface area contributed by atoms with Gasteiger partial charge in [0.25, 0.3) is 0 Å². The van der Waals surface area contributed by atoms with E-state index in [1.165, 1.54) is 0 Å². The first-order valence-corrected chi connectivity index (χ1v) is 6.50. The highest BCUT2D eigenvalue weighted by Crippen LogP contribution is 2.16. The van der Waals surface area contributed by atoms with Crippen LogP contribution < -0.4 is 4.90 Å². The first kappa shape index (κ1) is 14.2. The molecular formula is C14H18N4O2. The largest absolute Gasteiger partial charge is 0.461 e. The molecule has 106 valence electrons. The van der Waals surface area contributed by atoms with Crippen molar-refractivity contribution in [3.8, 4) is 0 Å². The molecule has 2 rings (SSSR count). The maximum absolute atomic E-state index is 11.9. The van der Waals surface area contributed by atoms with Crippen LogP contribution in [0, 0.1) is 0 Å². The number of rotatable bonds is 4. The first-order chi connectivity index (χ1) is 9.49. The van der Waals surface area contributed by atoms with Gasteiger partial charge in [0.2, 0.25) is 0 Å². The Labute approximate surface area is 117 Å². The topological polar surface area (TPSA) is 68.2 Å². The van der Waals surface area contributed by atoms with Crippen molar-refractivity contribution in [3.63, 3.8) is 0 Å². The second-order valence-corrected chi connectivity index (χ2v) is 4.84. The Bertz CT molecular complexity index is 615. The molecule has 1 unspecified atom stereocenters. The monoisotopic (exact) mass is 274 g/mol. The van der Waals surface area contributed by atoms with Crippen LogP contribution in [0.1, 0.15) is 20.8 Å². The third-order valence-corrected chi connectivity index (χ3v) is 2.95. The van der Waals surface area contributed by atoms with Crippen molar-refractivity contribution in [2.24, 2.45) is 0 Å². The predicted molar refractivity (Wildman–Crippen MR) is 76.4 cm³/mol. The summed E-state index contributed by atoms with van der Waals surface area (Å²) in [6, 6.07) is 3.23. The molecule has 0 saturated heterocycles. The fraction of sp³-hybridized carbons (Fsp3) is 0.429. The number of aromatic nitrogens is 3. The van der Waals surface area contributed by atoms with Gasteiger partial charge >= 0.3 is 5.97 Å². The molecule has 6 nitrogen and oxygen atoms in total. The van der Waals surface area contributed by atoms with Gasteiger partial charge in [-0.25, -0.2) is 14.8 Å². The minimum atomic E-state index is -0.418. The molecule has 0 aliphatic heterocycles. The molecule has 6 heteroatoms. The molecule has 0 aliphatic carbocycles. The second-order valence-electron chi connectivity index (χ2n) is 4.84. The molecule has 2 heterocycles. The smallest absolute Gasteiger partial charge is 0.328 e. The number of nitrogens with zero attached hydrogens (tertiary/aromatic N) is 4. The lowest BCUT2D eigenvalue weighted by molar-refractivity contribution is -0.148.